The largest absolute Gasteiger partial charge is 0.261 e. The van der Waals surface area contributed by atoms with Gasteiger partial charge in [0.15, 0.2) is 0 Å². The molecule has 0 radical (unpaired) electrons. The predicted molar refractivity (Wildman–Crippen MR) is 132 cm³/mol. The summed E-state index contributed by atoms with van der Waals surface area (Å²) in [6, 6.07) is 4.30. The first kappa shape index (κ1) is 31.9. The van der Waals surface area contributed by atoms with Crippen molar-refractivity contribution in [3.63, 3.8) is 0 Å². The van der Waals surface area contributed by atoms with Crippen molar-refractivity contribution in [3.8, 4) is 0 Å². The van der Waals surface area contributed by atoms with Crippen molar-refractivity contribution in [2.45, 2.75) is 114 Å². The van der Waals surface area contributed by atoms with E-state index >= 15 is 0 Å². The van der Waals surface area contributed by atoms with E-state index in [0.717, 1.165) is 5.82 Å². The Hall–Kier alpha value is -1.77. The molecule has 2 heterocycles. The summed E-state index contributed by atoms with van der Waals surface area (Å²) < 4.78 is 0. The quantitative estimate of drug-likeness (QED) is 0.512. The second kappa shape index (κ2) is 18.3. The number of pyridine rings is 1. The van der Waals surface area contributed by atoms with E-state index in [1.165, 1.54) is 16.8 Å². The number of hydrogen-bond acceptors (Lipinski definition) is 3. The van der Waals surface area contributed by atoms with Crippen LogP contribution < -0.4 is 0 Å². The van der Waals surface area contributed by atoms with Crippen LogP contribution in [0.5, 0.6) is 0 Å². The van der Waals surface area contributed by atoms with Crippen molar-refractivity contribution in [1.82, 2.24) is 15.0 Å². The molecule has 168 valence electrons. The van der Waals surface area contributed by atoms with Crippen LogP contribution in [0, 0.1) is 0 Å². The van der Waals surface area contributed by atoms with Gasteiger partial charge in [0.2, 0.25) is 0 Å². The van der Waals surface area contributed by atoms with Crippen molar-refractivity contribution >= 4 is 0 Å². The topological polar surface area (TPSA) is 38.7 Å². The van der Waals surface area contributed by atoms with Gasteiger partial charge in [-0.05, 0) is 34.9 Å². The zero-order chi connectivity index (χ0) is 22.3. The maximum absolute atomic E-state index is 4.40. The molecule has 0 unspecified atom stereocenters. The molecule has 0 aliphatic carbocycles. The van der Waals surface area contributed by atoms with Gasteiger partial charge in [0.25, 0.3) is 0 Å². The van der Waals surface area contributed by atoms with E-state index in [2.05, 4.69) is 82.5 Å². The molecule has 0 aliphatic heterocycles. The van der Waals surface area contributed by atoms with Gasteiger partial charge >= 0.3 is 0 Å². The van der Waals surface area contributed by atoms with Gasteiger partial charge in [-0.2, -0.15) is 0 Å². The summed E-state index contributed by atoms with van der Waals surface area (Å²) >= 11 is 0. The molecule has 0 fully saturated rings. The molecule has 3 heteroatoms. The van der Waals surface area contributed by atoms with Crippen LogP contribution >= 0.6 is 0 Å². The monoisotopic (exact) mass is 403 g/mol. The smallest absolute Gasteiger partial charge is 0.130 e. The van der Waals surface area contributed by atoms with Crippen LogP contribution in [-0.4, -0.2) is 15.0 Å². The van der Waals surface area contributed by atoms with Crippen molar-refractivity contribution in [3.05, 3.63) is 53.4 Å². The van der Waals surface area contributed by atoms with Gasteiger partial charge in [0.1, 0.15) is 5.82 Å². The van der Waals surface area contributed by atoms with E-state index in [4.69, 9.17) is 0 Å². The van der Waals surface area contributed by atoms with Gasteiger partial charge in [-0.25, -0.2) is 9.97 Å². The standard InChI is InChI=1S/C11H17N.C10H16N2.2C2H6.CH4/c1-8(2)10-5-6-11(9(3)4)12-7-10;1-7(2)9-5-11-10(8(3)4)12-6-9;2*1-2;/h5-9H,1-4H3;5-8H,1-4H3;2*1-2H3;1H4. The van der Waals surface area contributed by atoms with E-state index in [1.54, 1.807) is 0 Å². The van der Waals surface area contributed by atoms with Crippen LogP contribution in [0.15, 0.2) is 30.7 Å². The zero-order valence-electron chi connectivity index (χ0n) is 20.5. The van der Waals surface area contributed by atoms with E-state index < -0.39 is 0 Å². The summed E-state index contributed by atoms with van der Waals surface area (Å²) in [5.41, 5.74) is 3.71. The molecule has 0 saturated carbocycles. The molecule has 2 rings (SSSR count). The maximum atomic E-state index is 4.40. The number of aromatic nitrogens is 3. The van der Waals surface area contributed by atoms with E-state index in [-0.39, 0.29) is 7.43 Å². The van der Waals surface area contributed by atoms with Crippen LogP contribution in [0.3, 0.4) is 0 Å². The number of rotatable bonds is 4. The van der Waals surface area contributed by atoms with Gasteiger partial charge in [-0.3, -0.25) is 4.98 Å². The molecule has 0 amide bonds. The first-order chi connectivity index (χ1) is 13.2. The van der Waals surface area contributed by atoms with Crippen LogP contribution in [-0.2, 0) is 0 Å². The number of nitrogens with zero attached hydrogens (tertiary/aromatic N) is 3. The third kappa shape index (κ3) is 13.1. The Bertz CT molecular complexity index is 473. The average Bonchev–Trinajstić information content (AvgIpc) is 2.71. The van der Waals surface area contributed by atoms with Gasteiger partial charge in [-0.15, -0.1) is 0 Å². The molecular weight excluding hydrogens is 354 g/mol. The summed E-state index contributed by atoms with van der Waals surface area (Å²) in [6.45, 7) is 25.2. The lowest BCUT2D eigenvalue weighted by Crippen LogP contribution is -1.99. The highest BCUT2D eigenvalue weighted by Crippen LogP contribution is 2.16. The van der Waals surface area contributed by atoms with E-state index in [0.29, 0.717) is 23.7 Å². The molecule has 0 saturated heterocycles. The minimum absolute atomic E-state index is 0. The highest BCUT2D eigenvalue weighted by molar-refractivity contribution is 5.18. The molecule has 0 N–H and O–H groups in total. The zero-order valence-corrected chi connectivity index (χ0v) is 20.5. The minimum atomic E-state index is 0. The Morgan fingerprint density at radius 2 is 0.931 bits per heavy atom. The van der Waals surface area contributed by atoms with Crippen LogP contribution in [0.1, 0.15) is 137 Å². The van der Waals surface area contributed by atoms with Crippen molar-refractivity contribution < 1.29 is 0 Å². The molecule has 0 bridgehead atoms. The molecular formula is C26H49N3. The lowest BCUT2D eigenvalue weighted by Gasteiger charge is -2.07. The van der Waals surface area contributed by atoms with Crippen LogP contribution in [0.25, 0.3) is 0 Å². The SMILES string of the molecule is C.CC.CC.CC(C)c1ccc(C(C)C)nc1.CC(C)c1cnc(C(C)C)nc1. The van der Waals surface area contributed by atoms with E-state index in [9.17, 15) is 0 Å². The lowest BCUT2D eigenvalue weighted by atomic mass is 10.0. The Balaban J connectivity index is -0.000000386. The van der Waals surface area contributed by atoms with Gasteiger partial charge < -0.3 is 0 Å². The first-order valence-corrected chi connectivity index (χ1v) is 11.0. The van der Waals surface area contributed by atoms with Crippen molar-refractivity contribution in [1.29, 1.82) is 0 Å². The summed E-state index contributed by atoms with van der Waals surface area (Å²) in [5, 5.41) is 0. The molecule has 0 aromatic carbocycles. The van der Waals surface area contributed by atoms with Crippen LogP contribution in [0.2, 0.25) is 0 Å². The molecule has 3 nitrogen and oxygen atoms in total. The summed E-state index contributed by atoms with van der Waals surface area (Å²) in [7, 11) is 0. The maximum Gasteiger partial charge on any atom is 0.130 e. The van der Waals surface area contributed by atoms with E-state index in [1.807, 2.05) is 46.3 Å². The lowest BCUT2D eigenvalue weighted by molar-refractivity contribution is 0.754. The Morgan fingerprint density at radius 3 is 1.21 bits per heavy atom. The highest BCUT2D eigenvalue weighted by atomic mass is 14.9. The Labute approximate surface area is 182 Å². The van der Waals surface area contributed by atoms with Gasteiger partial charge in [0, 0.05) is 30.2 Å². The normalized spacial score (nSPS) is 9.66. The second-order valence-electron chi connectivity index (χ2n) is 7.51. The highest BCUT2D eigenvalue weighted by Gasteiger charge is 2.04. The molecule has 29 heavy (non-hydrogen) atoms. The summed E-state index contributed by atoms with van der Waals surface area (Å²) in [4.78, 5) is 13.0. The average molecular weight is 404 g/mol. The van der Waals surface area contributed by atoms with Crippen molar-refractivity contribution in [2.24, 2.45) is 0 Å². The summed E-state index contributed by atoms with van der Waals surface area (Å²) in [5.74, 6) is 2.99. The predicted octanol–water partition coefficient (Wildman–Crippen LogP) is 8.74. The Morgan fingerprint density at radius 1 is 0.517 bits per heavy atom. The van der Waals surface area contributed by atoms with Gasteiger partial charge in [0.05, 0.1) is 0 Å². The molecule has 2 aromatic rings. The third-order valence-corrected chi connectivity index (χ3v) is 3.94. The van der Waals surface area contributed by atoms with Crippen molar-refractivity contribution in [2.75, 3.05) is 0 Å². The van der Waals surface area contributed by atoms with Crippen LogP contribution in [0.4, 0.5) is 0 Å². The third-order valence-electron chi connectivity index (χ3n) is 3.94. The first-order valence-electron chi connectivity index (χ1n) is 11.0. The molecule has 0 spiro atoms. The fourth-order valence-electron chi connectivity index (χ4n) is 2.04. The fraction of sp³-hybridized carbons (Fsp3) is 0.654. The molecule has 0 aliphatic rings. The second-order valence-corrected chi connectivity index (χ2v) is 7.51. The number of hydrogen-bond donors (Lipinski definition) is 0. The fourth-order valence-corrected chi connectivity index (χ4v) is 2.04. The summed E-state index contributed by atoms with van der Waals surface area (Å²) in [6.07, 6.45) is 5.83. The van der Waals surface area contributed by atoms with Gasteiger partial charge in [-0.1, -0.05) is 96.6 Å². The Kier molecular flexibility index (Phi) is 20.1. The molecule has 2 aromatic heterocycles. The minimum Gasteiger partial charge on any atom is -0.261 e. The molecule has 0 atom stereocenters.